The minimum Gasteiger partial charge on any atom is -0.395 e. The molecule has 1 N–H and O–H groups in total. The molecule has 1 aromatic carbocycles. The van der Waals surface area contributed by atoms with Gasteiger partial charge >= 0.3 is 5.88 Å². The van der Waals surface area contributed by atoms with Gasteiger partial charge in [0.2, 0.25) is 0 Å². The Morgan fingerprint density at radius 1 is 1.18 bits per heavy atom. The maximum Gasteiger partial charge on any atom is 0.433 e. The summed E-state index contributed by atoms with van der Waals surface area (Å²) in [4.78, 5) is 23.6. The van der Waals surface area contributed by atoms with Crippen molar-refractivity contribution in [1.82, 2.24) is 4.90 Å². The molecule has 0 radical (unpaired) electrons. The van der Waals surface area contributed by atoms with E-state index in [9.17, 15) is 14.9 Å². The number of hydrogen-bond donors (Lipinski definition) is 1. The molecule has 0 saturated carbocycles. The molecule has 0 aliphatic carbocycles. The molecule has 0 bridgehead atoms. The number of nitrogens with zero attached hydrogens (tertiary/aromatic N) is 2. The topological polar surface area (TPSA) is 96.8 Å². The highest BCUT2D eigenvalue weighted by Crippen LogP contribution is 2.17. The second kappa shape index (κ2) is 7.37. The molecule has 0 fully saturated rings. The summed E-state index contributed by atoms with van der Waals surface area (Å²) in [6.07, 6.45) is 0.620. The van der Waals surface area contributed by atoms with E-state index in [0.29, 0.717) is 13.0 Å². The molecule has 0 aliphatic heterocycles. The monoisotopic (exact) mass is 304 g/mol. The highest BCUT2D eigenvalue weighted by molar-refractivity contribution is 5.91. The van der Waals surface area contributed by atoms with Gasteiger partial charge in [0.05, 0.1) is 12.7 Å². The summed E-state index contributed by atoms with van der Waals surface area (Å²) in [7, 11) is 0. The number of carbonyl (C=O) groups is 1. The molecular formula is C15H16N2O5. The SMILES string of the molecule is O=C(c1ccc([N+](=O)[O-])o1)N(CCO)CCc1ccccc1. The lowest BCUT2D eigenvalue weighted by atomic mass is 10.1. The molecule has 1 heterocycles. The van der Waals surface area contributed by atoms with Gasteiger partial charge in [-0.3, -0.25) is 14.9 Å². The normalized spacial score (nSPS) is 10.4. The van der Waals surface area contributed by atoms with E-state index in [2.05, 4.69) is 0 Å². The third kappa shape index (κ3) is 3.92. The number of rotatable bonds is 7. The van der Waals surface area contributed by atoms with Crippen LogP contribution in [0.1, 0.15) is 16.1 Å². The molecule has 7 heteroatoms. The molecule has 0 unspecified atom stereocenters. The number of carbonyl (C=O) groups excluding carboxylic acids is 1. The Balaban J connectivity index is 2.05. The van der Waals surface area contributed by atoms with Gasteiger partial charge in [-0.05, 0) is 18.1 Å². The zero-order chi connectivity index (χ0) is 15.9. The van der Waals surface area contributed by atoms with Crippen molar-refractivity contribution in [3.05, 3.63) is 63.9 Å². The maximum absolute atomic E-state index is 12.3. The zero-order valence-electron chi connectivity index (χ0n) is 11.8. The fourth-order valence-corrected chi connectivity index (χ4v) is 2.04. The van der Waals surface area contributed by atoms with Crippen LogP contribution in [0, 0.1) is 10.1 Å². The van der Waals surface area contributed by atoms with Crippen LogP contribution in [0.15, 0.2) is 46.9 Å². The average Bonchev–Trinajstić information content (AvgIpc) is 3.02. The van der Waals surface area contributed by atoms with Crippen LogP contribution < -0.4 is 0 Å². The summed E-state index contributed by atoms with van der Waals surface area (Å²) in [6, 6.07) is 12.0. The quantitative estimate of drug-likeness (QED) is 0.622. The van der Waals surface area contributed by atoms with Crippen LogP contribution in [-0.4, -0.2) is 40.5 Å². The molecule has 1 amide bonds. The van der Waals surface area contributed by atoms with Crippen molar-refractivity contribution in [2.75, 3.05) is 19.7 Å². The van der Waals surface area contributed by atoms with Gasteiger partial charge in [0.25, 0.3) is 5.91 Å². The largest absolute Gasteiger partial charge is 0.433 e. The molecule has 1 aromatic heterocycles. The van der Waals surface area contributed by atoms with E-state index in [1.165, 1.54) is 11.0 Å². The number of amides is 1. The highest BCUT2D eigenvalue weighted by Gasteiger charge is 2.22. The summed E-state index contributed by atoms with van der Waals surface area (Å²) in [5.74, 6) is -1.05. The predicted molar refractivity (Wildman–Crippen MR) is 78.5 cm³/mol. The van der Waals surface area contributed by atoms with E-state index in [-0.39, 0.29) is 18.9 Å². The van der Waals surface area contributed by atoms with Crippen molar-refractivity contribution in [2.45, 2.75) is 6.42 Å². The fraction of sp³-hybridized carbons (Fsp3) is 0.267. The van der Waals surface area contributed by atoms with Crippen LogP contribution in [0.4, 0.5) is 5.88 Å². The summed E-state index contributed by atoms with van der Waals surface area (Å²) in [6.45, 7) is 0.335. The van der Waals surface area contributed by atoms with Gasteiger partial charge in [-0.15, -0.1) is 0 Å². The van der Waals surface area contributed by atoms with Gasteiger partial charge in [-0.1, -0.05) is 30.3 Å². The molecule has 0 atom stereocenters. The molecule has 116 valence electrons. The lowest BCUT2D eigenvalue weighted by Crippen LogP contribution is -2.35. The Morgan fingerprint density at radius 3 is 2.50 bits per heavy atom. The number of nitro groups is 1. The zero-order valence-corrected chi connectivity index (χ0v) is 11.8. The van der Waals surface area contributed by atoms with Crippen molar-refractivity contribution in [2.24, 2.45) is 0 Å². The van der Waals surface area contributed by atoms with E-state index in [1.807, 2.05) is 30.3 Å². The van der Waals surface area contributed by atoms with E-state index < -0.39 is 16.7 Å². The van der Waals surface area contributed by atoms with Gasteiger partial charge in [0, 0.05) is 13.1 Å². The van der Waals surface area contributed by atoms with Crippen LogP contribution >= 0.6 is 0 Å². The molecule has 0 saturated heterocycles. The lowest BCUT2D eigenvalue weighted by Gasteiger charge is -2.20. The van der Waals surface area contributed by atoms with Crippen molar-refractivity contribution in [3.8, 4) is 0 Å². The van der Waals surface area contributed by atoms with Crippen molar-refractivity contribution < 1.29 is 19.2 Å². The Bertz CT molecular complexity index is 638. The molecule has 2 aromatic rings. The van der Waals surface area contributed by atoms with Gasteiger partial charge in [0.15, 0.2) is 5.76 Å². The Kier molecular flexibility index (Phi) is 5.26. The predicted octanol–water partition coefficient (Wildman–Crippen LogP) is 1.86. The summed E-state index contributed by atoms with van der Waals surface area (Å²) < 4.78 is 4.91. The van der Waals surface area contributed by atoms with Crippen molar-refractivity contribution >= 4 is 11.8 Å². The minimum absolute atomic E-state index is 0.104. The third-order valence-electron chi connectivity index (χ3n) is 3.15. The van der Waals surface area contributed by atoms with Crippen LogP contribution in [0.25, 0.3) is 0 Å². The average molecular weight is 304 g/mol. The van der Waals surface area contributed by atoms with E-state index in [0.717, 1.165) is 11.6 Å². The first-order valence-corrected chi connectivity index (χ1v) is 6.80. The molecule has 0 spiro atoms. The van der Waals surface area contributed by atoms with Crippen LogP contribution in [0.5, 0.6) is 0 Å². The number of benzene rings is 1. The summed E-state index contributed by atoms with van der Waals surface area (Å²) in [5, 5.41) is 19.7. The smallest absolute Gasteiger partial charge is 0.395 e. The van der Waals surface area contributed by atoms with Gasteiger partial charge in [0.1, 0.15) is 4.92 Å². The van der Waals surface area contributed by atoms with Gasteiger partial charge < -0.3 is 14.4 Å². The van der Waals surface area contributed by atoms with Crippen LogP contribution in [-0.2, 0) is 6.42 Å². The number of aliphatic hydroxyl groups is 1. The van der Waals surface area contributed by atoms with Crippen LogP contribution in [0.3, 0.4) is 0 Å². The van der Waals surface area contributed by atoms with E-state index in [1.54, 1.807) is 0 Å². The molecular weight excluding hydrogens is 288 g/mol. The fourth-order valence-electron chi connectivity index (χ4n) is 2.04. The third-order valence-corrected chi connectivity index (χ3v) is 3.15. The molecule has 7 nitrogen and oxygen atoms in total. The Hall–Kier alpha value is -2.67. The highest BCUT2D eigenvalue weighted by atomic mass is 16.6. The molecule has 22 heavy (non-hydrogen) atoms. The Labute approximate surface area is 126 Å². The molecule has 2 rings (SSSR count). The number of furan rings is 1. The Morgan fingerprint density at radius 2 is 1.91 bits per heavy atom. The standard InChI is InChI=1S/C15H16N2O5/c18-11-10-16(9-8-12-4-2-1-3-5-12)15(19)13-6-7-14(22-13)17(20)21/h1-7,18H,8-11H2. The first kappa shape index (κ1) is 15.7. The summed E-state index contributed by atoms with van der Waals surface area (Å²) in [5.41, 5.74) is 1.06. The lowest BCUT2D eigenvalue weighted by molar-refractivity contribution is -0.402. The molecule has 0 aliphatic rings. The van der Waals surface area contributed by atoms with E-state index >= 15 is 0 Å². The number of aliphatic hydroxyl groups excluding tert-OH is 1. The summed E-state index contributed by atoms with van der Waals surface area (Å²) >= 11 is 0. The second-order valence-electron chi connectivity index (χ2n) is 4.65. The van der Waals surface area contributed by atoms with Crippen molar-refractivity contribution in [1.29, 1.82) is 0 Å². The van der Waals surface area contributed by atoms with E-state index in [4.69, 9.17) is 9.52 Å². The number of hydrogen-bond acceptors (Lipinski definition) is 5. The second-order valence-corrected chi connectivity index (χ2v) is 4.65. The minimum atomic E-state index is -0.697. The van der Waals surface area contributed by atoms with Crippen molar-refractivity contribution in [3.63, 3.8) is 0 Å². The maximum atomic E-state index is 12.3. The van der Waals surface area contributed by atoms with Gasteiger partial charge in [-0.2, -0.15) is 0 Å². The van der Waals surface area contributed by atoms with Gasteiger partial charge in [-0.25, -0.2) is 0 Å². The first-order valence-electron chi connectivity index (χ1n) is 6.80. The van der Waals surface area contributed by atoms with Crippen LogP contribution in [0.2, 0.25) is 0 Å². The first-order chi connectivity index (χ1) is 10.6.